The molecule has 0 aliphatic carbocycles. The zero-order valence-corrected chi connectivity index (χ0v) is 14.6. The van der Waals surface area contributed by atoms with Crippen LogP contribution in [0.25, 0.3) is 0 Å². The van der Waals surface area contributed by atoms with Gasteiger partial charge < -0.3 is 9.47 Å². The standard InChI is InChI=1S/C19H23NO2S/c1-19(10-12-22-13-11-19)17-9-8-16(21-2)18(20-17)23-14-15-6-4-3-5-7-15/h3-9H,10-14H2,1-2H3. The Morgan fingerprint density at radius 1 is 1.13 bits per heavy atom. The fourth-order valence-corrected chi connectivity index (χ4v) is 3.78. The Morgan fingerprint density at radius 3 is 2.57 bits per heavy atom. The Labute approximate surface area is 142 Å². The molecule has 3 rings (SSSR count). The van der Waals surface area contributed by atoms with Crippen LogP contribution in [0.1, 0.15) is 31.0 Å². The summed E-state index contributed by atoms with van der Waals surface area (Å²) in [7, 11) is 1.71. The lowest BCUT2D eigenvalue weighted by Crippen LogP contribution is -2.31. The van der Waals surface area contributed by atoms with E-state index >= 15 is 0 Å². The van der Waals surface area contributed by atoms with Crippen molar-refractivity contribution in [2.24, 2.45) is 0 Å². The first kappa shape index (κ1) is 16.3. The predicted molar refractivity (Wildman–Crippen MR) is 94.2 cm³/mol. The van der Waals surface area contributed by atoms with Gasteiger partial charge in [0.2, 0.25) is 0 Å². The smallest absolute Gasteiger partial charge is 0.151 e. The molecule has 1 aromatic heterocycles. The number of nitrogens with zero attached hydrogens (tertiary/aromatic N) is 1. The number of pyridine rings is 1. The lowest BCUT2D eigenvalue weighted by molar-refractivity contribution is 0.0548. The van der Waals surface area contributed by atoms with E-state index in [1.807, 2.05) is 6.07 Å². The minimum absolute atomic E-state index is 0.104. The fraction of sp³-hybridized carbons (Fsp3) is 0.421. The summed E-state index contributed by atoms with van der Waals surface area (Å²) in [6.45, 7) is 3.92. The van der Waals surface area contributed by atoms with Crippen LogP contribution in [-0.2, 0) is 15.9 Å². The minimum atomic E-state index is 0.104. The summed E-state index contributed by atoms with van der Waals surface area (Å²) in [6.07, 6.45) is 2.05. The van der Waals surface area contributed by atoms with Crippen molar-refractivity contribution in [2.75, 3.05) is 20.3 Å². The summed E-state index contributed by atoms with van der Waals surface area (Å²) in [6, 6.07) is 14.6. The monoisotopic (exact) mass is 329 g/mol. The number of hydrogen-bond acceptors (Lipinski definition) is 4. The molecule has 1 aliphatic rings. The zero-order chi connectivity index (χ0) is 16.1. The number of methoxy groups -OCH3 is 1. The van der Waals surface area contributed by atoms with E-state index in [4.69, 9.17) is 14.5 Å². The predicted octanol–water partition coefficient (Wildman–Crippen LogP) is 4.45. The molecule has 0 bridgehead atoms. The maximum Gasteiger partial charge on any atom is 0.151 e. The molecular formula is C19H23NO2S. The normalized spacial score (nSPS) is 17.0. The van der Waals surface area contributed by atoms with Crippen LogP contribution < -0.4 is 4.74 Å². The van der Waals surface area contributed by atoms with Gasteiger partial charge in [-0.3, -0.25) is 0 Å². The molecule has 0 amide bonds. The molecule has 1 fully saturated rings. The maximum atomic E-state index is 5.51. The summed E-state index contributed by atoms with van der Waals surface area (Å²) < 4.78 is 11.0. The highest BCUT2D eigenvalue weighted by Gasteiger charge is 2.31. The van der Waals surface area contributed by atoms with Gasteiger partial charge in [0, 0.05) is 30.1 Å². The highest BCUT2D eigenvalue weighted by Crippen LogP contribution is 2.37. The average molecular weight is 329 g/mol. The van der Waals surface area contributed by atoms with Crippen LogP contribution in [0, 0.1) is 0 Å². The van der Waals surface area contributed by atoms with Crippen molar-refractivity contribution in [1.82, 2.24) is 4.98 Å². The molecule has 4 heteroatoms. The molecule has 23 heavy (non-hydrogen) atoms. The SMILES string of the molecule is COc1ccc(C2(C)CCOCC2)nc1SCc1ccccc1. The molecule has 0 saturated carbocycles. The van der Waals surface area contributed by atoms with Crippen LogP contribution in [-0.4, -0.2) is 25.3 Å². The van der Waals surface area contributed by atoms with Crippen LogP contribution >= 0.6 is 11.8 Å². The zero-order valence-electron chi connectivity index (χ0n) is 13.7. The van der Waals surface area contributed by atoms with Gasteiger partial charge in [0.15, 0.2) is 5.75 Å². The number of benzene rings is 1. The third-order valence-corrected chi connectivity index (χ3v) is 5.52. The molecule has 1 aliphatic heterocycles. The Hall–Kier alpha value is -1.52. The largest absolute Gasteiger partial charge is 0.494 e. The van der Waals surface area contributed by atoms with Crippen molar-refractivity contribution >= 4 is 11.8 Å². The average Bonchev–Trinajstić information content (AvgIpc) is 2.61. The molecule has 0 atom stereocenters. The number of rotatable bonds is 5. The molecular weight excluding hydrogens is 306 g/mol. The second kappa shape index (κ2) is 7.37. The second-order valence-corrected chi connectivity index (χ2v) is 7.12. The topological polar surface area (TPSA) is 31.4 Å². The molecule has 0 spiro atoms. The summed E-state index contributed by atoms with van der Waals surface area (Å²) in [4.78, 5) is 4.94. The van der Waals surface area contributed by atoms with Crippen LogP contribution in [0.3, 0.4) is 0 Å². The Kier molecular flexibility index (Phi) is 5.23. The van der Waals surface area contributed by atoms with E-state index < -0.39 is 0 Å². The van der Waals surface area contributed by atoms with E-state index in [9.17, 15) is 0 Å². The van der Waals surface area contributed by atoms with Gasteiger partial charge >= 0.3 is 0 Å². The van der Waals surface area contributed by atoms with Gasteiger partial charge in [0.1, 0.15) is 5.03 Å². The highest BCUT2D eigenvalue weighted by molar-refractivity contribution is 7.98. The third-order valence-electron chi connectivity index (χ3n) is 4.48. The summed E-state index contributed by atoms with van der Waals surface area (Å²) in [5.41, 5.74) is 2.55. The molecule has 0 N–H and O–H groups in total. The fourth-order valence-electron chi connectivity index (χ4n) is 2.83. The Balaban J connectivity index is 1.81. The van der Waals surface area contributed by atoms with Crippen LogP contribution in [0.5, 0.6) is 5.75 Å². The quantitative estimate of drug-likeness (QED) is 0.758. The van der Waals surface area contributed by atoms with Crippen molar-refractivity contribution in [3.63, 3.8) is 0 Å². The lowest BCUT2D eigenvalue weighted by Gasteiger charge is -2.33. The molecule has 0 unspecified atom stereocenters. The number of thioether (sulfide) groups is 1. The van der Waals surface area contributed by atoms with Crippen molar-refractivity contribution in [3.05, 3.63) is 53.7 Å². The number of aromatic nitrogens is 1. The van der Waals surface area contributed by atoms with Gasteiger partial charge in [-0.1, -0.05) is 49.0 Å². The van der Waals surface area contributed by atoms with Crippen molar-refractivity contribution in [3.8, 4) is 5.75 Å². The van der Waals surface area contributed by atoms with Crippen LogP contribution in [0.2, 0.25) is 0 Å². The first-order valence-corrected chi connectivity index (χ1v) is 9.00. The van der Waals surface area contributed by atoms with Crippen LogP contribution in [0.4, 0.5) is 0 Å². The van der Waals surface area contributed by atoms with Crippen LogP contribution in [0.15, 0.2) is 47.5 Å². The van der Waals surface area contributed by atoms with E-state index in [2.05, 4.69) is 43.3 Å². The second-order valence-electron chi connectivity index (χ2n) is 6.15. The minimum Gasteiger partial charge on any atom is -0.494 e. The molecule has 1 saturated heterocycles. The summed E-state index contributed by atoms with van der Waals surface area (Å²) in [5, 5.41) is 0.974. The molecule has 0 radical (unpaired) electrons. The summed E-state index contributed by atoms with van der Waals surface area (Å²) in [5.74, 6) is 1.75. The molecule has 2 heterocycles. The van der Waals surface area contributed by atoms with Crippen molar-refractivity contribution in [2.45, 2.75) is 36.0 Å². The lowest BCUT2D eigenvalue weighted by atomic mass is 9.79. The first-order valence-electron chi connectivity index (χ1n) is 8.01. The molecule has 3 nitrogen and oxygen atoms in total. The van der Waals surface area contributed by atoms with Gasteiger partial charge in [-0.2, -0.15) is 0 Å². The Bertz CT molecular complexity index is 639. The van der Waals surface area contributed by atoms with Crippen molar-refractivity contribution < 1.29 is 9.47 Å². The number of hydrogen-bond donors (Lipinski definition) is 0. The van der Waals surface area contributed by atoms with E-state index in [-0.39, 0.29) is 5.41 Å². The number of ether oxygens (including phenoxy) is 2. The van der Waals surface area contributed by atoms with Gasteiger partial charge in [-0.05, 0) is 30.5 Å². The molecule has 1 aromatic carbocycles. The third kappa shape index (κ3) is 3.88. The van der Waals surface area contributed by atoms with E-state index in [1.165, 1.54) is 5.56 Å². The van der Waals surface area contributed by atoms with Gasteiger partial charge in [-0.15, -0.1) is 0 Å². The highest BCUT2D eigenvalue weighted by atomic mass is 32.2. The van der Waals surface area contributed by atoms with Crippen molar-refractivity contribution in [1.29, 1.82) is 0 Å². The molecule has 2 aromatic rings. The van der Waals surface area contributed by atoms with E-state index in [0.717, 1.165) is 48.3 Å². The van der Waals surface area contributed by atoms with Gasteiger partial charge in [-0.25, -0.2) is 4.98 Å². The van der Waals surface area contributed by atoms with Gasteiger partial charge in [0.05, 0.1) is 7.11 Å². The molecule has 122 valence electrons. The first-order chi connectivity index (χ1) is 11.2. The van der Waals surface area contributed by atoms with Gasteiger partial charge in [0.25, 0.3) is 0 Å². The maximum absolute atomic E-state index is 5.51. The van der Waals surface area contributed by atoms with E-state index in [1.54, 1.807) is 18.9 Å². The van der Waals surface area contributed by atoms with E-state index in [0.29, 0.717) is 0 Å². The summed E-state index contributed by atoms with van der Waals surface area (Å²) >= 11 is 1.73. The Morgan fingerprint density at radius 2 is 1.87 bits per heavy atom.